The molecule has 424 valence electrons. The van der Waals surface area contributed by atoms with Gasteiger partial charge in [0.15, 0.2) is 6.10 Å². The summed E-state index contributed by atoms with van der Waals surface area (Å²) in [6.07, 6.45) is 77.9. The molecule has 0 bridgehead atoms. The smallest absolute Gasteiger partial charge is 0.306 e. The molecule has 1 unspecified atom stereocenters. The minimum absolute atomic E-state index is 0.0774. The molecule has 0 saturated heterocycles. The maximum atomic E-state index is 12.9. The Balaban J connectivity index is 4.37. The van der Waals surface area contributed by atoms with Gasteiger partial charge in [0.05, 0.1) is 0 Å². The second kappa shape index (κ2) is 61.7. The first kappa shape index (κ1) is 70.1. The number of allylic oxidation sites excluding steroid dienone is 10. The normalized spacial score (nSPS) is 12.4. The third kappa shape index (κ3) is 59.9. The van der Waals surface area contributed by atoms with Gasteiger partial charge in [-0.2, -0.15) is 0 Å². The van der Waals surface area contributed by atoms with E-state index in [1.165, 1.54) is 205 Å². The monoisotopic (exact) mass is 1020 g/mol. The molecule has 0 spiro atoms. The van der Waals surface area contributed by atoms with Crippen molar-refractivity contribution in [2.45, 2.75) is 335 Å². The summed E-state index contributed by atoms with van der Waals surface area (Å²) in [6, 6.07) is 0. The maximum absolute atomic E-state index is 12.9. The number of unbranched alkanes of at least 4 members (excludes halogenated alkanes) is 37. The van der Waals surface area contributed by atoms with Gasteiger partial charge in [0.25, 0.3) is 0 Å². The van der Waals surface area contributed by atoms with E-state index in [0.29, 0.717) is 19.3 Å². The van der Waals surface area contributed by atoms with Gasteiger partial charge in [-0.3, -0.25) is 14.4 Å². The average molecular weight is 1020 g/mol. The van der Waals surface area contributed by atoms with Crippen molar-refractivity contribution in [3.8, 4) is 0 Å². The van der Waals surface area contributed by atoms with Crippen LogP contribution in [0, 0.1) is 0 Å². The topological polar surface area (TPSA) is 78.9 Å². The van der Waals surface area contributed by atoms with Gasteiger partial charge in [-0.05, 0) is 103 Å². The van der Waals surface area contributed by atoms with E-state index >= 15 is 0 Å². The van der Waals surface area contributed by atoms with E-state index in [0.717, 1.165) is 83.5 Å². The lowest BCUT2D eigenvalue weighted by atomic mass is 10.1. The first-order valence-electron chi connectivity index (χ1n) is 31.8. The van der Waals surface area contributed by atoms with Crippen LogP contribution in [0.2, 0.25) is 0 Å². The van der Waals surface area contributed by atoms with Gasteiger partial charge in [-0.1, -0.05) is 268 Å². The Hall–Kier alpha value is -2.89. The van der Waals surface area contributed by atoms with Crippen molar-refractivity contribution in [3.05, 3.63) is 60.8 Å². The Morgan fingerprint density at radius 2 is 0.534 bits per heavy atom. The predicted octanol–water partition coefficient (Wildman–Crippen LogP) is 21.6. The zero-order valence-electron chi connectivity index (χ0n) is 48.7. The fraction of sp³-hybridized carbons (Fsp3) is 0.806. The lowest BCUT2D eigenvalue weighted by Gasteiger charge is -2.18. The summed E-state index contributed by atoms with van der Waals surface area (Å²) in [5, 5.41) is 0. The molecule has 0 saturated carbocycles. The lowest BCUT2D eigenvalue weighted by Crippen LogP contribution is -2.30. The predicted molar refractivity (Wildman–Crippen MR) is 316 cm³/mol. The van der Waals surface area contributed by atoms with Gasteiger partial charge in [0.1, 0.15) is 13.2 Å². The van der Waals surface area contributed by atoms with Crippen LogP contribution in [0.5, 0.6) is 0 Å². The van der Waals surface area contributed by atoms with Crippen molar-refractivity contribution in [3.63, 3.8) is 0 Å². The molecule has 6 nitrogen and oxygen atoms in total. The molecule has 6 heteroatoms. The van der Waals surface area contributed by atoms with E-state index in [2.05, 4.69) is 81.5 Å². The van der Waals surface area contributed by atoms with Gasteiger partial charge in [0, 0.05) is 19.3 Å². The molecular weight excluding hydrogens is 901 g/mol. The summed E-state index contributed by atoms with van der Waals surface area (Å²) in [5.74, 6) is -0.874. The quantitative estimate of drug-likeness (QED) is 0.0261. The Morgan fingerprint density at radius 1 is 0.288 bits per heavy atom. The molecule has 0 heterocycles. The highest BCUT2D eigenvalue weighted by Gasteiger charge is 2.19. The third-order valence-electron chi connectivity index (χ3n) is 14.0. The summed E-state index contributed by atoms with van der Waals surface area (Å²) in [7, 11) is 0. The summed E-state index contributed by atoms with van der Waals surface area (Å²) >= 11 is 0. The number of esters is 3. The first-order valence-corrected chi connectivity index (χ1v) is 31.8. The van der Waals surface area contributed by atoms with Gasteiger partial charge in [-0.25, -0.2) is 0 Å². The minimum Gasteiger partial charge on any atom is -0.462 e. The van der Waals surface area contributed by atoms with Gasteiger partial charge < -0.3 is 14.2 Å². The van der Waals surface area contributed by atoms with Crippen LogP contribution in [0.3, 0.4) is 0 Å². The fourth-order valence-electron chi connectivity index (χ4n) is 9.21. The van der Waals surface area contributed by atoms with Gasteiger partial charge in [-0.15, -0.1) is 0 Å². The second-order valence-corrected chi connectivity index (χ2v) is 21.3. The molecular formula is C67H120O6. The number of rotatable bonds is 58. The molecule has 0 aromatic rings. The van der Waals surface area contributed by atoms with E-state index in [1.54, 1.807) is 0 Å². The third-order valence-corrected chi connectivity index (χ3v) is 14.0. The van der Waals surface area contributed by atoms with Crippen LogP contribution in [-0.2, 0) is 28.6 Å². The Bertz CT molecular complexity index is 1310. The Labute approximate surface area is 453 Å². The lowest BCUT2D eigenvalue weighted by molar-refractivity contribution is -0.167. The van der Waals surface area contributed by atoms with Crippen LogP contribution in [0.1, 0.15) is 329 Å². The first-order chi connectivity index (χ1) is 36.0. The maximum Gasteiger partial charge on any atom is 0.306 e. The Morgan fingerprint density at radius 3 is 0.849 bits per heavy atom. The van der Waals surface area contributed by atoms with Crippen molar-refractivity contribution in [1.29, 1.82) is 0 Å². The molecule has 1 atom stereocenters. The molecule has 0 fully saturated rings. The van der Waals surface area contributed by atoms with E-state index < -0.39 is 6.10 Å². The molecule has 0 aromatic carbocycles. The SMILES string of the molecule is CC/C=C\C/C=C\C/C=C\CCCCCCCCCC(=O)OCC(COC(=O)CCCCCCCCCCC/C=C\CCCCCCCC)OC(=O)CCCCCCCCCCC/C=C\CCCCCCCC. The zero-order chi connectivity index (χ0) is 52.9. The molecule has 0 radical (unpaired) electrons. The molecule has 0 aliphatic carbocycles. The average Bonchev–Trinajstić information content (AvgIpc) is 3.39. The fourth-order valence-corrected chi connectivity index (χ4v) is 9.21. The van der Waals surface area contributed by atoms with Crippen LogP contribution < -0.4 is 0 Å². The molecule has 0 aliphatic rings. The second-order valence-electron chi connectivity index (χ2n) is 21.3. The Kier molecular flexibility index (Phi) is 59.2. The van der Waals surface area contributed by atoms with Crippen molar-refractivity contribution in [2.24, 2.45) is 0 Å². The van der Waals surface area contributed by atoms with Crippen LogP contribution in [0.15, 0.2) is 60.8 Å². The van der Waals surface area contributed by atoms with E-state index in [9.17, 15) is 14.4 Å². The molecule has 0 amide bonds. The number of carbonyl (C=O) groups excluding carboxylic acids is 3. The van der Waals surface area contributed by atoms with Crippen LogP contribution in [-0.4, -0.2) is 37.2 Å². The van der Waals surface area contributed by atoms with Gasteiger partial charge in [0.2, 0.25) is 0 Å². The largest absolute Gasteiger partial charge is 0.462 e. The molecule has 0 aliphatic heterocycles. The van der Waals surface area contributed by atoms with Crippen LogP contribution in [0.25, 0.3) is 0 Å². The van der Waals surface area contributed by atoms with Crippen LogP contribution >= 0.6 is 0 Å². The molecule has 0 rings (SSSR count). The van der Waals surface area contributed by atoms with E-state index in [4.69, 9.17) is 14.2 Å². The highest BCUT2D eigenvalue weighted by Crippen LogP contribution is 2.16. The standard InChI is InChI=1S/C67H120O6/c1-4-7-10-13-16-19-22-25-28-31-33-36-39-42-45-48-51-54-57-60-66(69)72-63-64(62-71-65(68)59-56-53-50-47-44-41-38-35-30-27-24-21-18-15-12-9-6-3)73-67(70)61-58-55-52-49-46-43-40-37-34-32-29-26-23-20-17-14-11-8-5-2/h9,12,18,21,25-30,64H,4-8,10-11,13-17,19-20,22-24,31-63H2,1-3H3/b12-9-,21-18-,28-25-,29-26-,30-27-. The van der Waals surface area contributed by atoms with E-state index in [-0.39, 0.29) is 31.1 Å². The summed E-state index contributed by atoms with van der Waals surface area (Å²) < 4.78 is 16.9. The van der Waals surface area contributed by atoms with Crippen molar-refractivity contribution < 1.29 is 28.6 Å². The summed E-state index contributed by atoms with van der Waals surface area (Å²) in [4.78, 5) is 38.3. The van der Waals surface area contributed by atoms with Crippen LogP contribution in [0.4, 0.5) is 0 Å². The van der Waals surface area contributed by atoms with Crippen molar-refractivity contribution in [2.75, 3.05) is 13.2 Å². The molecule has 0 N–H and O–H groups in total. The molecule has 73 heavy (non-hydrogen) atoms. The number of hydrogen-bond acceptors (Lipinski definition) is 6. The zero-order valence-corrected chi connectivity index (χ0v) is 48.7. The highest BCUT2D eigenvalue weighted by atomic mass is 16.6. The number of hydrogen-bond donors (Lipinski definition) is 0. The number of ether oxygens (including phenoxy) is 3. The van der Waals surface area contributed by atoms with Crippen molar-refractivity contribution in [1.82, 2.24) is 0 Å². The highest BCUT2D eigenvalue weighted by molar-refractivity contribution is 5.71. The van der Waals surface area contributed by atoms with Gasteiger partial charge >= 0.3 is 17.9 Å². The minimum atomic E-state index is -0.781. The number of carbonyl (C=O) groups is 3. The molecule has 0 aromatic heterocycles. The summed E-state index contributed by atoms with van der Waals surface area (Å²) in [5.41, 5.74) is 0. The van der Waals surface area contributed by atoms with Crippen molar-refractivity contribution >= 4 is 17.9 Å². The van der Waals surface area contributed by atoms with E-state index in [1.807, 2.05) is 0 Å². The summed E-state index contributed by atoms with van der Waals surface area (Å²) in [6.45, 7) is 6.56.